The quantitative estimate of drug-likeness (QED) is 0.468. The molecule has 0 atom stereocenters. The van der Waals surface area contributed by atoms with Crippen LogP contribution in [0.5, 0.6) is 0 Å². The van der Waals surface area contributed by atoms with E-state index < -0.39 is 17.7 Å². The predicted octanol–water partition coefficient (Wildman–Crippen LogP) is 0.290. The number of hydrazine groups is 1. The zero-order chi connectivity index (χ0) is 14.0. The van der Waals surface area contributed by atoms with Gasteiger partial charge in [0.05, 0.1) is 17.7 Å². The number of hydrogen-bond acceptors (Lipinski definition) is 6. The van der Waals surface area contributed by atoms with Crippen LogP contribution in [-0.4, -0.2) is 24.2 Å². The number of nitrogens with two attached hydrogens (primary N) is 1. The number of hydrogen-bond donors (Lipinski definition) is 2. The number of amides is 1. The molecule has 1 heterocycles. The van der Waals surface area contributed by atoms with Gasteiger partial charge in [-0.05, 0) is 28.1 Å². The molecule has 1 aliphatic rings. The topological polar surface area (TPSA) is 102 Å². The van der Waals surface area contributed by atoms with E-state index in [2.05, 4.69) is 20.8 Å². The van der Waals surface area contributed by atoms with Gasteiger partial charge in [-0.1, -0.05) is 11.7 Å². The van der Waals surface area contributed by atoms with Crippen LogP contribution < -0.4 is 16.3 Å². The standard InChI is InChI=1S/C11H10BrN3O4/c12-6-2-1-3-7-9(6)10(17)11(18)15(7)5-4-8(16)19-14-13/h1-3,14H,4-5,13H2. The second-order valence-electron chi connectivity index (χ2n) is 3.76. The summed E-state index contributed by atoms with van der Waals surface area (Å²) in [6.07, 6.45) is -0.0742. The fourth-order valence-corrected chi connectivity index (χ4v) is 2.38. The normalized spacial score (nSPS) is 13.7. The molecule has 0 radical (unpaired) electrons. The predicted molar refractivity (Wildman–Crippen MR) is 68.9 cm³/mol. The van der Waals surface area contributed by atoms with Gasteiger partial charge in [-0.15, -0.1) is 0 Å². The summed E-state index contributed by atoms with van der Waals surface area (Å²) in [6, 6.07) is 5.04. The molecule has 0 saturated heterocycles. The van der Waals surface area contributed by atoms with Crippen LogP contribution in [0.25, 0.3) is 0 Å². The molecule has 1 amide bonds. The highest BCUT2D eigenvalue weighted by Crippen LogP contribution is 2.34. The largest absolute Gasteiger partial charge is 0.356 e. The van der Waals surface area contributed by atoms with E-state index in [0.29, 0.717) is 15.7 Å². The third-order valence-corrected chi connectivity index (χ3v) is 3.32. The summed E-state index contributed by atoms with van der Waals surface area (Å²) in [5, 5.41) is 0. The number of carbonyl (C=O) groups is 3. The van der Waals surface area contributed by atoms with Gasteiger partial charge in [-0.25, -0.2) is 5.84 Å². The monoisotopic (exact) mass is 327 g/mol. The summed E-state index contributed by atoms with van der Waals surface area (Å²) in [7, 11) is 0. The minimum Gasteiger partial charge on any atom is -0.356 e. The number of halogens is 1. The first-order valence-corrected chi connectivity index (χ1v) is 6.15. The van der Waals surface area contributed by atoms with Crippen molar-refractivity contribution in [1.82, 2.24) is 5.59 Å². The third-order valence-electron chi connectivity index (χ3n) is 2.66. The van der Waals surface area contributed by atoms with E-state index in [9.17, 15) is 14.4 Å². The van der Waals surface area contributed by atoms with Gasteiger partial charge >= 0.3 is 5.97 Å². The number of nitrogens with one attached hydrogen (secondary N) is 1. The molecule has 100 valence electrons. The fraction of sp³-hybridized carbons (Fsp3) is 0.182. The van der Waals surface area contributed by atoms with Crippen molar-refractivity contribution >= 4 is 39.3 Å². The summed E-state index contributed by atoms with van der Waals surface area (Å²) in [5.74, 6) is 2.96. The van der Waals surface area contributed by atoms with E-state index in [1.54, 1.807) is 23.8 Å². The van der Waals surface area contributed by atoms with Crippen LogP contribution in [-0.2, 0) is 14.4 Å². The molecule has 0 bridgehead atoms. The first kappa shape index (κ1) is 13.7. The molecular weight excluding hydrogens is 318 g/mol. The zero-order valence-electron chi connectivity index (χ0n) is 9.68. The second kappa shape index (κ2) is 5.47. The van der Waals surface area contributed by atoms with Crippen LogP contribution in [0, 0.1) is 0 Å². The van der Waals surface area contributed by atoms with Crippen LogP contribution in [0.2, 0.25) is 0 Å². The Morgan fingerprint density at radius 1 is 1.42 bits per heavy atom. The number of Topliss-reactive ketones (excluding diaryl/α,β-unsaturated/α-hetero) is 1. The average Bonchev–Trinajstić information content (AvgIpc) is 2.61. The highest BCUT2D eigenvalue weighted by Gasteiger charge is 2.37. The first-order chi connectivity index (χ1) is 9.06. The maximum atomic E-state index is 11.8. The molecule has 0 unspecified atom stereocenters. The van der Waals surface area contributed by atoms with Crippen LogP contribution in [0.15, 0.2) is 22.7 Å². The number of anilines is 1. The molecule has 0 spiro atoms. The number of benzene rings is 1. The Bertz CT molecular complexity index is 561. The number of carbonyl (C=O) groups excluding carboxylic acids is 3. The van der Waals surface area contributed by atoms with Crippen molar-refractivity contribution in [3.05, 3.63) is 28.2 Å². The number of nitrogens with zero attached hydrogens (tertiary/aromatic N) is 1. The highest BCUT2D eigenvalue weighted by molar-refractivity contribution is 9.10. The second-order valence-corrected chi connectivity index (χ2v) is 4.62. The van der Waals surface area contributed by atoms with Crippen molar-refractivity contribution < 1.29 is 19.2 Å². The van der Waals surface area contributed by atoms with Gasteiger partial charge < -0.3 is 9.74 Å². The van der Waals surface area contributed by atoms with E-state index >= 15 is 0 Å². The van der Waals surface area contributed by atoms with Gasteiger partial charge in [0.1, 0.15) is 0 Å². The molecule has 19 heavy (non-hydrogen) atoms. The molecule has 1 aliphatic heterocycles. The van der Waals surface area contributed by atoms with Gasteiger partial charge in [0.2, 0.25) is 0 Å². The maximum Gasteiger partial charge on any atom is 0.328 e. The molecule has 0 fully saturated rings. The summed E-state index contributed by atoms with van der Waals surface area (Å²) < 4.78 is 0.553. The minimum atomic E-state index is -0.657. The van der Waals surface area contributed by atoms with Gasteiger partial charge in [0.15, 0.2) is 0 Å². The lowest BCUT2D eigenvalue weighted by Gasteiger charge is -2.15. The fourth-order valence-electron chi connectivity index (χ4n) is 1.84. The third kappa shape index (κ3) is 2.50. The molecule has 2 rings (SSSR count). The molecule has 3 N–H and O–H groups in total. The molecule has 0 aliphatic carbocycles. The number of rotatable bonds is 4. The molecule has 1 aromatic rings. The Balaban J connectivity index is 2.20. The maximum absolute atomic E-state index is 11.8. The molecule has 1 aromatic carbocycles. The Morgan fingerprint density at radius 3 is 2.84 bits per heavy atom. The van der Waals surface area contributed by atoms with Crippen LogP contribution in [0.4, 0.5) is 5.69 Å². The van der Waals surface area contributed by atoms with Gasteiger partial charge in [0, 0.05) is 11.0 Å². The summed E-state index contributed by atoms with van der Waals surface area (Å²) in [6.45, 7) is 0.0501. The van der Waals surface area contributed by atoms with Crippen LogP contribution >= 0.6 is 15.9 Å². The van der Waals surface area contributed by atoms with Crippen molar-refractivity contribution in [1.29, 1.82) is 0 Å². The Morgan fingerprint density at radius 2 is 2.16 bits per heavy atom. The van der Waals surface area contributed by atoms with Gasteiger partial charge in [0.25, 0.3) is 11.7 Å². The lowest BCUT2D eigenvalue weighted by molar-refractivity contribution is -0.150. The summed E-state index contributed by atoms with van der Waals surface area (Å²) in [5.41, 5.74) is 2.57. The van der Waals surface area contributed by atoms with Crippen molar-refractivity contribution in [3.63, 3.8) is 0 Å². The Hall–Kier alpha value is -1.77. The number of fused-ring (bicyclic) bond motifs is 1. The number of ketones is 1. The van der Waals surface area contributed by atoms with E-state index in [-0.39, 0.29) is 13.0 Å². The van der Waals surface area contributed by atoms with Gasteiger partial charge in [-0.3, -0.25) is 14.4 Å². The van der Waals surface area contributed by atoms with Crippen molar-refractivity contribution in [2.45, 2.75) is 6.42 Å². The minimum absolute atomic E-state index is 0.0501. The van der Waals surface area contributed by atoms with Gasteiger partial charge in [-0.2, -0.15) is 0 Å². The van der Waals surface area contributed by atoms with Crippen molar-refractivity contribution in [2.75, 3.05) is 11.4 Å². The molecule has 0 aromatic heterocycles. The van der Waals surface area contributed by atoms with E-state index in [1.165, 1.54) is 4.90 Å². The summed E-state index contributed by atoms with van der Waals surface area (Å²) >= 11 is 3.23. The molecular formula is C11H10BrN3O4. The summed E-state index contributed by atoms with van der Waals surface area (Å²) in [4.78, 5) is 40.4. The molecule has 8 heteroatoms. The smallest absolute Gasteiger partial charge is 0.328 e. The van der Waals surface area contributed by atoms with Crippen LogP contribution in [0.3, 0.4) is 0 Å². The molecule has 0 saturated carbocycles. The lowest BCUT2D eigenvalue weighted by atomic mass is 10.1. The van der Waals surface area contributed by atoms with E-state index in [4.69, 9.17) is 5.84 Å². The lowest BCUT2D eigenvalue weighted by Crippen LogP contribution is -2.33. The van der Waals surface area contributed by atoms with E-state index in [0.717, 1.165) is 0 Å². The zero-order valence-corrected chi connectivity index (χ0v) is 11.3. The average molecular weight is 328 g/mol. The SMILES string of the molecule is NNOC(=O)CCN1C(=O)C(=O)c2c(Br)cccc21. The Kier molecular flexibility index (Phi) is 3.93. The Labute approximate surface area is 116 Å². The highest BCUT2D eigenvalue weighted by atomic mass is 79.9. The first-order valence-electron chi connectivity index (χ1n) is 5.36. The van der Waals surface area contributed by atoms with Crippen molar-refractivity contribution in [2.24, 2.45) is 5.84 Å². The van der Waals surface area contributed by atoms with E-state index in [1.807, 2.05) is 0 Å². The van der Waals surface area contributed by atoms with Crippen molar-refractivity contribution in [3.8, 4) is 0 Å². The molecule has 7 nitrogen and oxygen atoms in total. The van der Waals surface area contributed by atoms with Crippen LogP contribution in [0.1, 0.15) is 16.8 Å².